The minimum absolute atomic E-state index is 0. The van der Waals surface area contributed by atoms with E-state index in [9.17, 15) is 22.0 Å². The van der Waals surface area contributed by atoms with E-state index in [0.717, 1.165) is 12.1 Å². The Balaban J connectivity index is 0.00000338. The summed E-state index contributed by atoms with van der Waals surface area (Å²) in [6.07, 6.45) is -4.74. The molecule has 12 heteroatoms. The summed E-state index contributed by atoms with van der Waals surface area (Å²) in [5.74, 6) is -3.77. The zero-order chi connectivity index (χ0) is 18.7. The van der Waals surface area contributed by atoms with Crippen LogP contribution in [0.2, 0.25) is 0 Å². The maximum Gasteiger partial charge on any atom is 0.573 e. The Labute approximate surface area is 152 Å². The van der Waals surface area contributed by atoms with E-state index in [1.165, 1.54) is 17.0 Å². The van der Waals surface area contributed by atoms with Gasteiger partial charge in [-0.25, -0.2) is 13.8 Å². The first-order valence-corrected chi connectivity index (χ1v) is 7.21. The molecule has 0 radical (unpaired) electrons. The molecule has 6 nitrogen and oxygen atoms in total. The normalized spacial score (nSPS) is 18.3. The summed E-state index contributed by atoms with van der Waals surface area (Å²) in [6.45, 7) is -0.235. The molecule has 1 aliphatic rings. The Kier molecular flexibility index (Phi) is 7.01. The third-order valence-electron chi connectivity index (χ3n) is 3.26. The summed E-state index contributed by atoms with van der Waals surface area (Å²) in [7, 11) is 0. The number of piperidine rings is 1. The van der Waals surface area contributed by atoms with Crippen LogP contribution in [0.1, 0.15) is 12.8 Å². The van der Waals surface area contributed by atoms with Crippen LogP contribution in [-0.2, 0) is 0 Å². The van der Waals surface area contributed by atoms with Gasteiger partial charge in [-0.15, -0.1) is 25.6 Å². The second-order valence-electron chi connectivity index (χ2n) is 5.36. The molecule has 0 saturated carbocycles. The van der Waals surface area contributed by atoms with Crippen LogP contribution in [0, 0.1) is 0 Å². The maximum atomic E-state index is 13.3. The molecule has 1 aliphatic heterocycles. The van der Waals surface area contributed by atoms with Crippen LogP contribution < -0.4 is 16.2 Å². The SMILES string of the molecule is Cl.NC(=Nc1ccc(OC(F)(F)F)cc1)/N=C(/N)N1CCCC(F)(F)C1. The van der Waals surface area contributed by atoms with Crippen molar-refractivity contribution in [2.45, 2.75) is 25.1 Å². The Hall–Kier alpha value is -2.30. The minimum atomic E-state index is -4.79. The molecular weight excluding hydrogens is 385 g/mol. The molecule has 0 bridgehead atoms. The maximum absolute atomic E-state index is 13.3. The van der Waals surface area contributed by atoms with Crippen LogP contribution in [0.15, 0.2) is 34.3 Å². The van der Waals surface area contributed by atoms with E-state index in [-0.39, 0.29) is 42.9 Å². The summed E-state index contributed by atoms with van der Waals surface area (Å²) in [6, 6.07) is 4.57. The number of ether oxygens (including phenoxy) is 1. The van der Waals surface area contributed by atoms with E-state index in [2.05, 4.69) is 14.7 Å². The zero-order valence-electron chi connectivity index (χ0n) is 13.3. The number of likely N-dealkylation sites (tertiary alicyclic amines) is 1. The highest BCUT2D eigenvalue weighted by molar-refractivity contribution is 5.94. The monoisotopic (exact) mass is 401 g/mol. The van der Waals surface area contributed by atoms with Gasteiger partial charge in [-0.2, -0.15) is 4.99 Å². The fourth-order valence-electron chi connectivity index (χ4n) is 2.23. The van der Waals surface area contributed by atoms with Gasteiger partial charge in [-0.05, 0) is 30.7 Å². The Bertz CT molecular complexity index is 663. The van der Waals surface area contributed by atoms with Gasteiger partial charge in [-0.3, -0.25) is 0 Å². The molecule has 4 N–H and O–H groups in total. The van der Waals surface area contributed by atoms with Gasteiger partial charge in [0.25, 0.3) is 5.92 Å². The number of benzene rings is 1. The van der Waals surface area contributed by atoms with Crippen molar-refractivity contribution in [2.75, 3.05) is 13.1 Å². The topological polar surface area (TPSA) is 89.2 Å². The van der Waals surface area contributed by atoms with Gasteiger partial charge in [0.2, 0.25) is 5.96 Å². The summed E-state index contributed by atoms with van der Waals surface area (Å²) >= 11 is 0. The predicted octanol–water partition coefficient (Wildman–Crippen LogP) is 3.00. The largest absolute Gasteiger partial charge is 0.573 e. The number of nitrogens with two attached hydrogens (primary N) is 2. The van der Waals surface area contributed by atoms with Gasteiger partial charge in [0.15, 0.2) is 5.96 Å². The summed E-state index contributed by atoms with van der Waals surface area (Å²) < 4.78 is 66.6. The lowest BCUT2D eigenvalue weighted by molar-refractivity contribution is -0.274. The number of aliphatic imine (C=N–C) groups is 2. The van der Waals surface area contributed by atoms with Crippen LogP contribution in [0.4, 0.5) is 27.6 Å². The van der Waals surface area contributed by atoms with Crippen LogP contribution in [0.5, 0.6) is 5.75 Å². The number of guanidine groups is 2. The molecule has 0 atom stereocenters. The Morgan fingerprint density at radius 1 is 1.15 bits per heavy atom. The van der Waals surface area contributed by atoms with Gasteiger partial charge in [0, 0.05) is 13.0 Å². The summed E-state index contributed by atoms with van der Waals surface area (Å²) in [5.41, 5.74) is 11.4. The first kappa shape index (κ1) is 21.7. The van der Waals surface area contributed by atoms with Crippen LogP contribution in [-0.4, -0.2) is 42.2 Å². The third-order valence-corrected chi connectivity index (χ3v) is 3.26. The van der Waals surface area contributed by atoms with Crippen molar-refractivity contribution < 1.29 is 26.7 Å². The standard InChI is InChI=1S/C14H16F5N5O.ClH/c15-13(16)6-1-7-24(8-13)12(21)23-11(20)22-9-2-4-10(5-3-9)25-14(17,18)19;/h2-5H,1,6-8H2,(H4,20,21,22,23);1H. The molecule has 1 fully saturated rings. The Morgan fingerprint density at radius 3 is 2.31 bits per heavy atom. The van der Waals surface area contributed by atoms with E-state index in [4.69, 9.17) is 11.5 Å². The number of halogens is 6. The molecule has 1 saturated heterocycles. The summed E-state index contributed by atoms with van der Waals surface area (Å²) in [5, 5.41) is 0. The van der Waals surface area contributed by atoms with E-state index in [1.54, 1.807) is 0 Å². The Morgan fingerprint density at radius 2 is 1.77 bits per heavy atom. The van der Waals surface area contributed by atoms with Crippen molar-refractivity contribution in [2.24, 2.45) is 21.5 Å². The predicted molar refractivity (Wildman–Crippen MR) is 89.0 cm³/mol. The van der Waals surface area contributed by atoms with Gasteiger partial charge in [-0.1, -0.05) is 0 Å². The highest BCUT2D eigenvalue weighted by Gasteiger charge is 2.36. The smallest absolute Gasteiger partial charge is 0.406 e. The molecule has 146 valence electrons. The molecule has 0 unspecified atom stereocenters. The van der Waals surface area contributed by atoms with Crippen LogP contribution in [0.3, 0.4) is 0 Å². The quantitative estimate of drug-likeness (QED) is 0.453. The molecule has 2 rings (SSSR count). The van der Waals surface area contributed by atoms with E-state index < -0.39 is 24.6 Å². The average molecular weight is 402 g/mol. The van der Waals surface area contributed by atoms with Gasteiger partial charge in [0.05, 0.1) is 12.2 Å². The van der Waals surface area contributed by atoms with Crippen molar-refractivity contribution in [1.29, 1.82) is 0 Å². The molecule has 0 spiro atoms. The molecule has 1 heterocycles. The van der Waals surface area contributed by atoms with E-state index in [0.29, 0.717) is 6.54 Å². The number of nitrogens with zero attached hydrogens (tertiary/aromatic N) is 3. The molecule has 0 aliphatic carbocycles. The minimum Gasteiger partial charge on any atom is -0.406 e. The van der Waals surface area contributed by atoms with Crippen LogP contribution >= 0.6 is 12.4 Å². The van der Waals surface area contributed by atoms with Gasteiger partial charge in [0.1, 0.15) is 5.75 Å². The lowest BCUT2D eigenvalue weighted by atomic mass is 10.1. The molecule has 26 heavy (non-hydrogen) atoms. The lowest BCUT2D eigenvalue weighted by Crippen LogP contribution is -2.49. The zero-order valence-corrected chi connectivity index (χ0v) is 14.2. The second-order valence-corrected chi connectivity index (χ2v) is 5.36. The number of hydrogen-bond donors (Lipinski definition) is 2. The fourth-order valence-corrected chi connectivity index (χ4v) is 2.23. The van der Waals surface area contributed by atoms with Crippen LogP contribution in [0.25, 0.3) is 0 Å². The van der Waals surface area contributed by atoms with Crippen molar-refractivity contribution in [1.82, 2.24) is 4.90 Å². The third kappa shape index (κ3) is 6.90. The average Bonchev–Trinajstić information content (AvgIpc) is 2.46. The molecular formula is C14H17ClF5N5O. The van der Waals surface area contributed by atoms with Crippen molar-refractivity contribution in [3.8, 4) is 5.75 Å². The molecule has 1 aromatic rings. The lowest BCUT2D eigenvalue weighted by Gasteiger charge is -2.32. The van der Waals surface area contributed by atoms with E-state index in [1.807, 2.05) is 0 Å². The van der Waals surface area contributed by atoms with Gasteiger partial charge >= 0.3 is 6.36 Å². The van der Waals surface area contributed by atoms with Crippen molar-refractivity contribution in [3.05, 3.63) is 24.3 Å². The first-order valence-electron chi connectivity index (χ1n) is 7.21. The summed E-state index contributed by atoms with van der Waals surface area (Å²) in [4.78, 5) is 8.79. The fraction of sp³-hybridized carbons (Fsp3) is 0.429. The number of alkyl halides is 5. The number of hydrogen-bond acceptors (Lipinski definition) is 2. The molecule has 1 aromatic carbocycles. The molecule has 0 amide bonds. The highest BCUT2D eigenvalue weighted by atomic mass is 35.5. The van der Waals surface area contributed by atoms with Gasteiger partial charge < -0.3 is 21.1 Å². The number of rotatable bonds is 2. The second kappa shape index (κ2) is 8.39. The highest BCUT2D eigenvalue weighted by Crippen LogP contribution is 2.26. The van der Waals surface area contributed by atoms with E-state index >= 15 is 0 Å². The molecule has 0 aromatic heterocycles. The van der Waals surface area contributed by atoms with Crippen molar-refractivity contribution in [3.63, 3.8) is 0 Å². The first-order chi connectivity index (χ1) is 11.5. The van der Waals surface area contributed by atoms with Crippen molar-refractivity contribution >= 4 is 30.0 Å².